The quantitative estimate of drug-likeness (QED) is 0.693. The fraction of sp³-hybridized carbons (Fsp3) is 0.278. The molecular formula is C18H19N3O4S. The van der Waals surface area contributed by atoms with Crippen molar-refractivity contribution in [1.29, 1.82) is 0 Å². The molecule has 3 rings (SSSR count). The number of rotatable bonds is 6. The third-order valence-corrected chi connectivity index (χ3v) is 5.14. The Morgan fingerprint density at radius 3 is 2.81 bits per heavy atom. The molecule has 8 heteroatoms. The van der Waals surface area contributed by atoms with Crippen LogP contribution in [0.3, 0.4) is 0 Å². The molecule has 0 fully saturated rings. The standard InChI is InChI=1S/C18H19N3O4S/c1-10-14-16(22)20-13(8-9-24-2)21-18(14)26-15(10)17(23)19-11-6-4-5-7-12(11)25-3/h4-7H,8-9H2,1-3H3,(H,19,23)(H,20,21,22). The number of benzene rings is 1. The van der Waals surface area contributed by atoms with Gasteiger partial charge in [-0.15, -0.1) is 11.3 Å². The van der Waals surface area contributed by atoms with Crippen LogP contribution in [0.1, 0.15) is 21.1 Å². The number of nitrogens with one attached hydrogen (secondary N) is 2. The minimum atomic E-state index is -0.298. The largest absolute Gasteiger partial charge is 0.495 e. The number of aromatic nitrogens is 2. The van der Waals surface area contributed by atoms with Gasteiger partial charge in [-0.25, -0.2) is 4.98 Å². The predicted octanol–water partition coefficient (Wildman–Crippen LogP) is 2.74. The van der Waals surface area contributed by atoms with E-state index >= 15 is 0 Å². The Morgan fingerprint density at radius 2 is 2.08 bits per heavy atom. The number of para-hydroxylation sites is 2. The summed E-state index contributed by atoms with van der Waals surface area (Å²) in [7, 11) is 3.13. The number of aryl methyl sites for hydroxylation is 1. The van der Waals surface area contributed by atoms with Crippen molar-refractivity contribution in [3.05, 3.63) is 50.9 Å². The molecule has 3 aromatic rings. The molecule has 0 radical (unpaired) electrons. The lowest BCUT2D eigenvalue weighted by Crippen LogP contribution is -2.14. The lowest BCUT2D eigenvalue weighted by Gasteiger charge is -2.09. The topological polar surface area (TPSA) is 93.3 Å². The lowest BCUT2D eigenvalue weighted by atomic mass is 10.2. The Hall–Kier alpha value is -2.71. The maximum atomic E-state index is 12.7. The monoisotopic (exact) mass is 373 g/mol. The number of thiophene rings is 1. The Bertz CT molecular complexity index is 1010. The van der Waals surface area contributed by atoms with Crippen LogP contribution in [0.5, 0.6) is 5.75 Å². The number of carbonyl (C=O) groups is 1. The summed E-state index contributed by atoms with van der Waals surface area (Å²) in [5.74, 6) is 0.813. The fourth-order valence-electron chi connectivity index (χ4n) is 2.65. The van der Waals surface area contributed by atoms with Gasteiger partial charge in [-0.3, -0.25) is 9.59 Å². The number of anilines is 1. The second-order valence-corrected chi connectivity index (χ2v) is 6.65. The fourth-order valence-corrected chi connectivity index (χ4v) is 3.75. The van der Waals surface area contributed by atoms with E-state index in [1.165, 1.54) is 11.3 Å². The predicted molar refractivity (Wildman–Crippen MR) is 102 cm³/mol. The van der Waals surface area contributed by atoms with Crippen LogP contribution < -0.4 is 15.6 Å². The van der Waals surface area contributed by atoms with E-state index < -0.39 is 0 Å². The number of fused-ring (bicyclic) bond motifs is 1. The van der Waals surface area contributed by atoms with Crippen LogP contribution in [0.15, 0.2) is 29.1 Å². The van der Waals surface area contributed by atoms with E-state index in [9.17, 15) is 9.59 Å². The molecule has 0 saturated heterocycles. The third kappa shape index (κ3) is 3.47. The Kier molecular flexibility index (Phi) is 5.34. The van der Waals surface area contributed by atoms with Gasteiger partial charge in [0.05, 0.1) is 29.7 Å². The van der Waals surface area contributed by atoms with Crippen molar-refractivity contribution in [2.24, 2.45) is 0 Å². The summed E-state index contributed by atoms with van der Waals surface area (Å²) in [5, 5.41) is 3.28. The molecule has 0 aliphatic heterocycles. The van der Waals surface area contributed by atoms with E-state index in [0.29, 0.717) is 50.9 Å². The lowest BCUT2D eigenvalue weighted by molar-refractivity contribution is 0.102. The van der Waals surface area contributed by atoms with E-state index in [4.69, 9.17) is 9.47 Å². The number of hydrogen-bond acceptors (Lipinski definition) is 6. The van der Waals surface area contributed by atoms with Crippen LogP contribution in [0.25, 0.3) is 10.2 Å². The SMILES string of the molecule is COCCc1nc2sc(C(=O)Nc3ccccc3OC)c(C)c2c(=O)[nH]1. The molecule has 1 aromatic carbocycles. The van der Waals surface area contributed by atoms with Crippen molar-refractivity contribution in [3.63, 3.8) is 0 Å². The molecule has 0 atom stereocenters. The van der Waals surface area contributed by atoms with E-state index in [1.54, 1.807) is 33.3 Å². The number of nitrogens with zero attached hydrogens (tertiary/aromatic N) is 1. The number of amides is 1. The van der Waals surface area contributed by atoms with E-state index in [1.807, 2.05) is 12.1 Å². The minimum Gasteiger partial charge on any atom is -0.495 e. The second kappa shape index (κ2) is 7.67. The first-order chi connectivity index (χ1) is 12.5. The van der Waals surface area contributed by atoms with Crippen molar-refractivity contribution in [2.75, 3.05) is 26.1 Å². The van der Waals surface area contributed by atoms with Crippen LogP contribution in [-0.4, -0.2) is 36.7 Å². The van der Waals surface area contributed by atoms with Crippen LogP contribution in [0, 0.1) is 6.92 Å². The van der Waals surface area contributed by atoms with Crippen molar-refractivity contribution in [3.8, 4) is 5.75 Å². The average Bonchev–Trinajstić information content (AvgIpc) is 2.97. The van der Waals surface area contributed by atoms with Gasteiger partial charge in [0, 0.05) is 13.5 Å². The molecule has 2 heterocycles. The smallest absolute Gasteiger partial charge is 0.266 e. The Morgan fingerprint density at radius 1 is 1.31 bits per heavy atom. The van der Waals surface area contributed by atoms with Crippen LogP contribution >= 0.6 is 11.3 Å². The number of methoxy groups -OCH3 is 2. The van der Waals surface area contributed by atoms with Crippen molar-refractivity contribution >= 4 is 33.1 Å². The van der Waals surface area contributed by atoms with Gasteiger partial charge in [0.1, 0.15) is 16.4 Å². The summed E-state index contributed by atoms with van der Waals surface area (Å²) >= 11 is 1.20. The number of aromatic amines is 1. The van der Waals surface area contributed by atoms with Gasteiger partial charge in [-0.1, -0.05) is 12.1 Å². The summed E-state index contributed by atoms with van der Waals surface area (Å²) < 4.78 is 10.3. The highest BCUT2D eigenvalue weighted by Crippen LogP contribution is 2.29. The zero-order chi connectivity index (χ0) is 18.7. The van der Waals surface area contributed by atoms with Gasteiger partial charge in [-0.2, -0.15) is 0 Å². The van der Waals surface area contributed by atoms with Gasteiger partial charge < -0.3 is 19.8 Å². The maximum Gasteiger partial charge on any atom is 0.266 e. The Balaban J connectivity index is 1.97. The second-order valence-electron chi connectivity index (χ2n) is 5.65. The zero-order valence-electron chi connectivity index (χ0n) is 14.7. The summed E-state index contributed by atoms with van der Waals surface area (Å²) in [6.07, 6.45) is 0.501. The molecule has 2 aromatic heterocycles. The number of ether oxygens (including phenoxy) is 2. The first-order valence-corrected chi connectivity index (χ1v) is 8.82. The summed E-state index contributed by atoms with van der Waals surface area (Å²) in [5.41, 5.74) is 0.940. The third-order valence-electron chi connectivity index (χ3n) is 3.95. The van der Waals surface area contributed by atoms with Crippen LogP contribution in [0.4, 0.5) is 5.69 Å². The molecule has 2 N–H and O–H groups in total. The highest BCUT2D eigenvalue weighted by Gasteiger charge is 2.20. The molecule has 0 spiro atoms. The summed E-state index contributed by atoms with van der Waals surface area (Å²) in [4.78, 5) is 33.3. The minimum absolute atomic E-state index is 0.244. The molecule has 7 nitrogen and oxygen atoms in total. The molecule has 0 unspecified atom stereocenters. The molecular weight excluding hydrogens is 354 g/mol. The van der Waals surface area contributed by atoms with Crippen molar-refractivity contribution in [2.45, 2.75) is 13.3 Å². The van der Waals surface area contributed by atoms with Gasteiger partial charge >= 0.3 is 0 Å². The average molecular weight is 373 g/mol. The van der Waals surface area contributed by atoms with Crippen LogP contribution in [0.2, 0.25) is 0 Å². The molecule has 0 aliphatic carbocycles. The van der Waals surface area contributed by atoms with E-state index in [2.05, 4.69) is 15.3 Å². The number of hydrogen-bond donors (Lipinski definition) is 2. The number of H-pyrrole nitrogens is 1. The van der Waals surface area contributed by atoms with Crippen molar-refractivity contribution < 1.29 is 14.3 Å². The normalized spacial score (nSPS) is 10.9. The van der Waals surface area contributed by atoms with Gasteiger partial charge in [-0.05, 0) is 24.6 Å². The van der Waals surface area contributed by atoms with E-state index in [-0.39, 0.29) is 11.5 Å². The highest BCUT2D eigenvalue weighted by molar-refractivity contribution is 7.20. The van der Waals surface area contributed by atoms with Gasteiger partial charge in [0.2, 0.25) is 0 Å². The van der Waals surface area contributed by atoms with Crippen LogP contribution in [-0.2, 0) is 11.2 Å². The molecule has 26 heavy (non-hydrogen) atoms. The van der Waals surface area contributed by atoms with Crippen molar-refractivity contribution in [1.82, 2.24) is 9.97 Å². The summed E-state index contributed by atoms with van der Waals surface area (Å²) in [6.45, 7) is 2.21. The number of carbonyl (C=O) groups excluding carboxylic acids is 1. The molecule has 0 bridgehead atoms. The summed E-state index contributed by atoms with van der Waals surface area (Å²) in [6, 6.07) is 7.16. The van der Waals surface area contributed by atoms with Gasteiger partial charge in [0.15, 0.2) is 0 Å². The molecule has 1 amide bonds. The molecule has 0 saturated carbocycles. The maximum absolute atomic E-state index is 12.7. The molecule has 136 valence electrons. The zero-order valence-corrected chi connectivity index (χ0v) is 15.5. The first-order valence-electron chi connectivity index (χ1n) is 8.00. The highest BCUT2D eigenvalue weighted by atomic mass is 32.1. The van der Waals surface area contributed by atoms with E-state index in [0.717, 1.165) is 0 Å². The van der Waals surface area contributed by atoms with Gasteiger partial charge in [0.25, 0.3) is 11.5 Å². The first kappa shape index (κ1) is 18.1. The Labute approximate surface area is 154 Å². The molecule has 0 aliphatic rings.